The first-order valence-electron chi connectivity index (χ1n) is 3.62. The Balaban J connectivity index is 2.93. The molecule has 0 aliphatic carbocycles. The zero-order chi connectivity index (χ0) is 9.84. The molecule has 5 heteroatoms. The van der Waals surface area contributed by atoms with Gasteiger partial charge in [-0.2, -0.15) is 0 Å². The van der Waals surface area contributed by atoms with Crippen molar-refractivity contribution in [3.63, 3.8) is 0 Å². The molecule has 0 saturated heterocycles. The second kappa shape index (κ2) is 4.76. The first-order valence-corrected chi connectivity index (χ1v) is 5.08. The molecule has 1 rings (SSSR count). The first kappa shape index (κ1) is 10.7. The molecule has 1 heterocycles. The lowest BCUT2D eigenvalue weighted by Gasteiger charge is -2.02. The van der Waals surface area contributed by atoms with Crippen LogP contribution in [0.1, 0.15) is 0 Å². The van der Waals surface area contributed by atoms with Crippen molar-refractivity contribution in [2.45, 2.75) is 0 Å². The molecule has 0 spiro atoms. The van der Waals surface area contributed by atoms with Crippen LogP contribution in [0.25, 0.3) is 0 Å². The maximum atomic E-state index is 5.73. The Morgan fingerprint density at radius 3 is 2.85 bits per heavy atom. The first-order chi connectivity index (χ1) is 6.09. The monoisotopic (exact) mass is 309 g/mol. The van der Waals surface area contributed by atoms with E-state index in [1.807, 2.05) is 25.1 Å². The number of hydrogen-bond acceptors (Lipinski definition) is 2. The molecule has 0 aromatic carbocycles. The summed E-state index contributed by atoms with van der Waals surface area (Å²) in [5.74, 6) is 0.654. The highest BCUT2D eigenvalue weighted by molar-refractivity contribution is 14.1. The zero-order valence-corrected chi connectivity index (χ0v) is 10.2. The molecular formula is C8H9ClIN3. The summed E-state index contributed by atoms with van der Waals surface area (Å²) in [5.41, 5.74) is 0. The maximum Gasteiger partial charge on any atom is 0.168 e. The molecule has 70 valence electrons. The van der Waals surface area contributed by atoms with Crippen LogP contribution in [0, 0.1) is 3.57 Å². The van der Waals surface area contributed by atoms with Crippen LogP contribution in [0.4, 0.5) is 5.82 Å². The molecule has 0 amide bonds. The van der Waals surface area contributed by atoms with Gasteiger partial charge in [0.25, 0.3) is 0 Å². The molecule has 3 nitrogen and oxygen atoms in total. The highest BCUT2D eigenvalue weighted by Gasteiger charge is 1.99. The van der Waals surface area contributed by atoms with Crippen molar-refractivity contribution in [2.24, 2.45) is 4.99 Å². The molecule has 0 saturated carbocycles. The van der Waals surface area contributed by atoms with Crippen molar-refractivity contribution in [3.05, 3.63) is 20.9 Å². The van der Waals surface area contributed by atoms with Gasteiger partial charge in [0.1, 0.15) is 5.15 Å². The van der Waals surface area contributed by atoms with E-state index in [-0.39, 0.29) is 0 Å². The van der Waals surface area contributed by atoms with Crippen LogP contribution in [-0.4, -0.2) is 30.3 Å². The lowest BCUT2D eigenvalue weighted by molar-refractivity contribution is 0.643. The topological polar surface area (TPSA) is 28.5 Å². The van der Waals surface area contributed by atoms with Crippen LogP contribution >= 0.6 is 34.2 Å². The molecule has 13 heavy (non-hydrogen) atoms. The lowest BCUT2D eigenvalue weighted by atomic mass is 10.5. The Kier molecular flexibility index (Phi) is 3.92. The summed E-state index contributed by atoms with van der Waals surface area (Å²) >= 11 is 7.90. The quantitative estimate of drug-likeness (QED) is 0.363. The van der Waals surface area contributed by atoms with E-state index >= 15 is 0 Å². The van der Waals surface area contributed by atoms with Gasteiger partial charge >= 0.3 is 0 Å². The number of halogens is 2. The highest BCUT2D eigenvalue weighted by atomic mass is 127. The van der Waals surface area contributed by atoms with Crippen molar-refractivity contribution in [1.82, 2.24) is 9.88 Å². The van der Waals surface area contributed by atoms with Gasteiger partial charge in [-0.15, -0.1) is 0 Å². The van der Waals surface area contributed by atoms with Gasteiger partial charge in [-0.3, -0.25) is 0 Å². The minimum Gasteiger partial charge on any atom is -0.369 e. The molecule has 0 aliphatic rings. The van der Waals surface area contributed by atoms with Gasteiger partial charge < -0.3 is 4.90 Å². The van der Waals surface area contributed by atoms with Gasteiger partial charge in [-0.25, -0.2) is 9.98 Å². The van der Waals surface area contributed by atoms with Crippen molar-refractivity contribution in [1.29, 1.82) is 0 Å². The van der Waals surface area contributed by atoms with E-state index in [2.05, 4.69) is 32.6 Å². The van der Waals surface area contributed by atoms with Crippen molar-refractivity contribution < 1.29 is 0 Å². The SMILES string of the molecule is CN(C)C=Nc1nc(Cl)ccc1I. The van der Waals surface area contributed by atoms with Crippen molar-refractivity contribution >= 4 is 46.3 Å². The molecule has 0 unspecified atom stereocenters. The van der Waals surface area contributed by atoms with Gasteiger partial charge in [-0.05, 0) is 34.7 Å². The van der Waals surface area contributed by atoms with Crippen molar-refractivity contribution in [2.75, 3.05) is 14.1 Å². The number of aliphatic imine (C=N–C) groups is 1. The summed E-state index contributed by atoms with van der Waals surface area (Å²) in [6.45, 7) is 0. The third-order valence-electron chi connectivity index (χ3n) is 1.20. The van der Waals surface area contributed by atoms with E-state index in [1.165, 1.54) is 0 Å². The van der Waals surface area contributed by atoms with E-state index in [0.717, 1.165) is 3.57 Å². The van der Waals surface area contributed by atoms with Crippen LogP contribution in [0.2, 0.25) is 5.15 Å². The van der Waals surface area contributed by atoms with Crippen LogP contribution < -0.4 is 0 Å². The fraction of sp³-hybridized carbons (Fsp3) is 0.250. The minimum atomic E-state index is 0.464. The van der Waals surface area contributed by atoms with Gasteiger partial charge in [0.15, 0.2) is 5.82 Å². The standard InChI is InChI=1S/C8H9ClIN3/c1-13(2)5-11-8-6(10)3-4-7(9)12-8/h3-5H,1-2H3. The van der Waals surface area contributed by atoms with E-state index in [4.69, 9.17) is 11.6 Å². The summed E-state index contributed by atoms with van der Waals surface area (Å²) in [4.78, 5) is 10.1. The minimum absolute atomic E-state index is 0.464. The lowest BCUT2D eigenvalue weighted by Crippen LogP contribution is -2.07. The second-order valence-electron chi connectivity index (χ2n) is 2.65. The van der Waals surface area contributed by atoms with E-state index in [0.29, 0.717) is 11.0 Å². The average molecular weight is 310 g/mol. The molecule has 0 fully saturated rings. The fourth-order valence-electron chi connectivity index (χ4n) is 0.669. The third-order valence-corrected chi connectivity index (χ3v) is 2.26. The summed E-state index contributed by atoms with van der Waals surface area (Å²) in [6, 6.07) is 3.64. The number of nitrogens with zero attached hydrogens (tertiary/aromatic N) is 3. The number of aromatic nitrogens is 1. The molecular weight excluding hydrogens is 300 g/mol. The predicted molar refractivity (Wildman–Crippen MR) is 63.8 cm³/mol. The Bertz CT molecular complexity index is 325. The number of hydrogen-bond donors (Lipinski definition) is 0. The van der Waals surface area contributed by atoms with Crippen LogP contribution in [0.15, 0.2) is 17.1 Å². The smallest absolute Gasteiger partial charge is 0.168 e. The second-order valence-corrected chi connectivity index (χ2v) is 4.20. The molecule has 0 radical (unpaired) electrons. The zero-order valence-electron chi connectivity index (χ0n) is 7.33. The van der Waals surface area contributed by atoms with E-state index in [1.54, 1.807) is 12.4 Å². The normalized spacial score (nSPS) is 10.8. The van der Waals surface area contributed by atoms with Gasteiger partial charge in [0, 0.05) is 14.1 Å². The van der Waals surface area contributed by atoms with Crippen molar-refractivity contribution in [3.8, 4) is 0 Å². The number of rotatable bonds is 2. The molecule has 1 aromatic rings. The summed E-state index contributed by atoms with van der Waals surface area (Å²) in [7, 11) is 3.81. The molecule has 0 atom stereocenters. The number of pyridine rings is 1. The fourth-order valence-corrected chi connectivity index (χ4v) is 1.25. The Labute approximate surface area is 96.0 Å². The molecule has 0 bridgehead atoms. The maximum absolute atomic E-state index is 5.73. The molecule has 0 N–H and O–H groups in total. The Morgan fingerprint density at radius 1 is 1.54 bits per heavy atom. The Morgan fingerprint density at radius 2 is 2.23 bits per heavy atom. The summed E-state index contributed by atoms with van der Waals surface area (Å²) < 4.78 is 0.986. The summed E-state index contributed by atoms with van der Waals surface area (Å²) in [5, 5.41) is 0.464. The third kappa shape index (κ3) is 3.48. The van der Waals surface area contributed by atoms with Crippen LogP contribution in [0.5, 0.6) is 0 Å². The van der Waals surface area contributed by atoms with Crippen LogP contribution in [-0.2, 0) is 0 Å². The highest BCUT2D eigenvalue weighted by Crippen LogP contribution is 2.20. The van der Waals surface area contributed by atoms with Gasteiger partial charge in [-0.1, -0.05) is 11.6 Å². The van der Waals surface area contributed by atoms with Gasteiger partial charge in [0.2, 0.25) is 0 Å². The van der Waals surface area contributed by atoms with E-state index < -0.39 is 0 Å². The largest absolute Gasteiger partial charge is 0.369 e. The Hall–Kier alpha value is -0.360. The summed E-state index contributed by atoms with van der Waals surface area (Å²) in [6.07, 6.45) is 1.70. The predicted octanol–water partition coefficient (Wildman–Crippen LogP) is 2.56. The van der Waals surface area contributed by atoms with Crippen LogP contribution in [0.3, 0.4) is 0 Å². The van der Waals surface area contributed by atoms with Gasteiger partial charge in [0.05, 0.1) is 9.91 Å². The molecule has 0 aliphatic heterocycles. The molecule has 1 aromatic heterocycles. The average Bonchev–Trinajstić information content (AvgIpc) is 2.06. The van der Waals surface area contributed by atoms with E-state index in [9.17, 15) is 0 Å².